The van der Waals surface area contributed by atoms with Crippen LogP contribution in [0.1, 0.15) is 18.9 Å². The normalized spacial score (nSPS) is 12.1. The SMILES string of the molecule is CCN=Cc1ccccc1S(=O)(=O)CCCCl. The van der Waals surface area contributed by atoms with Gasteiger partial charge in [-0.3, -0.25) is 4.99 Å². The Bertz CT molecular complexity index is 483. The number of hydrogen-bond acceptors (Lipinski definition) is 3. The van der Waals surface area contributed by atoms with Crippen LogP contribution in [0.4, 0.5) is 0 Å². The van der Waals surface area contributed by atoms with Gasteiger partial charge in [-0.2, -0.15) is 0 Å². The van der Waals surface area contributed by atoms with Crippen LogP contribution < -0.4 is 0 Å². The second kappa shape index (κ2) is 6.77. The van der Waals surface area contributed by atoms with Gasteiger partial charge in [0.2, 0.25) is 0 Å². The quantitative estimate of drug-likeness (QED) is 0.591. The molecule has 94 valence electrons. The molecule has 0 aliphatic heterocycles. The molecule has 0 saturated heterocycles. The summed E-state index contributed by atoms with van der Waals surface area (Å²) in [6.07, 6.45) is 2.07. The van der Waals surface area contributed by atoms with Crippen molar-refractivity contribution in [2.45, 2.75) is 18.2 Å². The van der Waals surface area contributed by atoms with Gasteiger partial charge in [-0.25, -0.2) is 8.42 Å². The van der Waals surface area contributed by atoms with E-state index in [1.807, 2.05) is 6.92 Å². The lowest BCUT2D eigenvalue weighted by Crippen LogP contribution is -2.10. The Morgan fingerprint density at radius 2 is 2.06 bits per heavy atom. The molecular formula is C12H16ClNO2S. The molecule has 0 aromatic heterocycles. The van der Waals surface area contributed by atoms with Crippen molar-refractivity contribution >= 4 is 27.7 Å². The van der Waals surface area contributed by atoms with Crippen LogP contribution in [0, 0.1) is 0 Å². The van der Waals surface area contributed by atoms with Gasteiger partial charge in [-0.1, -0.05) is 18.2 Å². The van der Waals surface area contributed by atoms with E-state index in [4.69, 9.17) is 11.6 Å². The molecule has 0 aliphatic carbocycles. The maximum Gasteiger partial charge on any atom is 0.179 e. The first kappa shape index (κ1) is 14.2. The summed E-state index contributed by atoms with van der Waals surface area (Å²) in [6, 6.07) is 6.89. The fourth-order valence-electron chi connectivity index (χ4n) is 1.41. The van der Waals surface area contributed by atoms with Gasteiger partial charge in [0.15, 0.2) is 9.84 Å². The van der Waals surface area contributed by atoms with Crippen LogP contribution in [0.2, 0.25) is 0 Å². The maximum absolute atomic E-state index is 12.1. The lowest BCUT2D eigenvalue weighted by Gasteiger charge is -2.06. The Balaban J connectivity index is 3.08. The predicted molar refractivity (Wildman–Crippen MR) is 72.0 cm³/mol. The van der Waals surface area contributed by atoms with Crippen molar-refractivity contribution in [1.29, 1.82) is 0 Å². The van der Waals surface area contributed by atoms with Crippen LogP contribution in [0.5, 0.6) is 0 Å². The van der Waals surface area contributed by atoms with Gasteiger partial charge in [0.1, 0.15) is 0 Å². The Morgan fingerprint density at radius 1 is 1.35 bits per heavy atom. The largest absolute Gasteiger partial charge is 0.293 e. The highest BCUT2D eigenvalue weighted by atomic mass is 35.5. The van der Waals surface area contributed by atoms with Crippen LogP contribution in [-0.2, 0) is 9.84 Å². The van der Waals surface area contributed by atoms with Crippen molar-refractivity contribution in [3.8, 4) is 0 Å². The molecule has 0 aliphatic rings. The van der Waals surface area contributed by atoms with Gasteiger partial charge in [0.25, 0.3) is 0 Å². The fourth-order valence-corrected chi connectivity index (χ4v) is 3.22. The van der Waals surface area contributed by atoms with E-state index in [1.54, 1.807) is 30.5 Å². The molecule has 0 heterocycles. The van der Waals surface area contributed by atoms with E-state index in [9.17, 15) is 8.42 Å². The van der Waals surface area contributed by atoms with E-state index in [-0.39, 0.29) is 5.75 Å². The summed E-state index contributed by atoms with van der Waals surface area (Å²) in [5.74, 6) is 0.428. The number of alkyl halides is 1. The number of nitrogens with zero attached hydrogens (tertiary/aromatic N) is 1. The van der Waals surface area contributed by atoms with Gasteiger partial charge in [-0.15, -0.1) is 11.6 Å². The molecule has 0 N–H and O–H groups in total. The second-order valence-corrected chi connectivity index (χ2v) is 5.98. The zero-order chi connectivity index (χ0) is 12.7. The number of hydrogen-bond donors (Lipinski definition) is 0. The average molecular weight is 274 g/mol. The van der Waals surface area contributed by atoms with E-state index in [1.165, 1.54) is 0 Å². The minimum absolute atomic E-state index is 0.0769. The fraction of sp³-hybridized carbons (Fsp3) is 0.417. The predicted octanol–water partition coefficient (Wildman–Crippen LogP) is 2.53. The van der Waals surface area contributed by atoms with Crippen molar-refractivity contribution in [3.05, 3.63) is 29.8 Å². The Hall–Kier alpha value is -0.870. The Morgan fingerprint density at radius 3 is 2.71 bits per heavy atom. The molecule has 1 aromatic rings. The summed E-state index contributed by atoms with van der Waals surface area (Å²) in [6.45, 7) is 2.54. The summed E-state index contributed by atoms with van der Waals surface area (Å²) in [7, 11) is -3.26. The Labute approximate surface area is 107 Å². The molecule has 0 saturated carbocycles. The van der Waals surface area contributed by atoms with Crippen molar-refractivity contribution in [1.82, 2.24) is 0 Å². The van der Waals surface area contributed by atoms with Gasteiger partial charge < -0.3 is 0 Å². The molecule has 17 heavy (non-hydrogen) atoms. The molecular weight excluding hydrogens is 258 g/mol. The summed E-state index contributed by atoms with van der Waals surface area (Å²) >= 11 is 5.53. The summed E-state index contributed by atoms with van der Waals surface area (Å²) in [5.41, 5.74) is 0.643. The van der Waals surface area contributed by atoms with E-state index >= 15 is 0 Å². The third-order valence-electron chi connectivity index (χ3n) is 2.21. The molecule has 1 rings (SSSR count). The molecule has 0 spiro atoms. The number of aliphatic imine (C=N–C) groups is 1. The molecule has 0 atom stereocenters. The molecule has 0 bridgehead atoms. The molecule has 3 nitrogen and oxygen atoms in total. The molecule has 1 aromatic carbocycles. The van der Waals surface area contributed by atoms with Crippen LogP contribution in [0.25, 0.3) is 0 Å². The van der Waals surface area contributed by atoms with Crippen LogP contribution in [0.15, 0.2) is 34.2 Å². The molecule has 0 radical (unpaired) electrons. The zero-order valence-corrected chi connectivity index (χ0v) is 11.3. The van der Waals surface area contributed by atoms with Gasteiger partial charge in [0, 0.05) is 24.2 Å². The maximum atomic E-state index is 12.1. The molecule has 0 unspecified atom stereocenters. The number of halogens is 1. The van der Waals surface area contributed by atoms with Gasteiger partial charge in [0.05, 0.1) is 10.6 Å². The molecule has 0 amide bonds. The van der Waals surface area contributed by atoms with Crippen molar-refractivity contribution in [2.24, 2.45) is 4.99 Å². The summed E-state index contributed by atoms with van der Waals surface area (Å²) < 4.78 is 24.1. The first-order chi connectivity index (χ1) is 8.11. The van der Waals surface area contributed by atoms with Crippen molar-refractivity contribution in [3.63, 3.8) is 0 Å². The third kappa shape index (κ3) is 4.13. The minimum Gasteiger partial charge on any atom is -0.293 e. The minimum atomic E-state index is -3.26. The lowest BCUT2D eigenvalue weighted by atomic mass is 10.2. The van der Waals surface area contributed by atoms with Crippen molar-refractivity contribution in [2.75, 3.05) is 18.2 Å². The zero-order valence-electron chi connectivity index (χ0n) is 9.77. The smallest absolute Gasteiger partial charge is 0.179 e. The number of sulfone groups is 1. The number of rotatable bonds is 6. The monoisotopic (exact) mass is 273 g/mol. The lowest BCUT2D eigenvalue weighted by molar-refractivity contribution is 0.594. The van der Waals surface area contributed by atoms with Crippen molar-refractivity contribution < 1.29 is 8.42 Å². The molecule has 0 fully saturated rings. The summed E-state index contributed by atoms with van der Waals surface area (Å²) in [4.78, 5) is 4.42. The van der Waals surface area contributed by atoms with Crippen LogP contribution in [0.3, 0.4) is 0 Å². The van der Waals surface area contributed by atoms with E-state index in [0.717, 1.165) is 0 Å². The first-order valence-electron chi connectivity index (χ1n) is 5.49. The Kier molecular flexibility index (Phi) is 5.65. The van der Waals surface area contributed by atoms with Gasteiger partial charge in [-0.05, 0) is 19.4 Å². The topological polar surface area (TPSA) is 46.5 Å². The summed E-state index contributed by atoms with van der Waals surface area (Å²) in [5, 5.41) is 0. The highest BCUT2D eigenvalue weighted by molar-refractivity contribution is 7.91. The van der Waals surface area contributed by atoms with Gasteiger partial charge >= 0.3 is 0 Å². The standard InChI is InChI=1S/C12H16ClNO2S/c1-2-14-10-11-6-3-4-7-12(11)17(15,16)9-5-8-13/h3-4,6-7,10H,2,5,8-9H2,1H3. The van der Waals surface area contributed by atoms with E-state index in [0.29, 0.717) is 29.3 Å². The van der Waals surface area contributed by atoms with E-state index < -0.39 is 9.84 Å². The molecule has 5 heteroatoms. The van der Waals surface area contributed by atoms with E-state index in [2.05, 4.69) is 4.99 Å². The van der Waals surface area contributed by atoms with Crippen LogP contribution in [-0.4, -0.2) is 32.8 Å². The third-order valence-corrected chi connectivity index (χ3v) is 4.35. The highest BCUT2D eigenvalue weighted by Gasteiger charge is 2.16. The van der Waals surface area contributed by atoms with Crippen LogP contribution >= 0.6 is 11.6 Å². The highest BCUT2D eigenvalue weighted by Crippen LogP contribution is 2.16. The average Bonchev–Trinajstić information content (AvgIpc) is 2.34. The first-order valence-corrected chi connectivity index (χ1v) is 7.68. The number of benzene rings is 1. The second-order valence-electron chi connectivity index (χ2n) is 3.53.